The maximum atomic E-state index is 13.4. The second-order valence-corrected chi connectivity index (χ2v) is 6.72. The lowest BCUT2D eigenvalue weighted by molar-refractivity contribution is -0.0158. The van der Waals surface area contributed by atoms with E-state index in [4.69, 9.17) is 0 Å². The van der Waals surface area contributed by atoms with Crippen molar-refractivity contribution in [2.75, 3.05) is 0 Å². The molecule has 1 unspecified atom stereocenters. The summed E-state index contributed by atoms with van der Waals surface area (Å²) in [4.78, 5) is -2.74. The third kappa shape index (κ3) is 6.82. The molecule has 0 aromatic rings. The van der Waals surface area contributed by atoms with Crippen molar-refractivity contribution in [2.24, 2.45) is 11.3 Å². The summed E-state index contributed by atoms with van der Waals surface area (Å²) >= 11 is 2.53. The van der Waals surface area contributed by atoms with E-state index >= 15 is 0 Å². The minimum Gasteiger partial charge on any atom is -0.193 e. The summed E-state index contributed by atoms with van der Waals surface area (Å²) in [7, 11) is 0. The molecule has 0 spiro atoms. The summed E-state index contributed by atoms with van der Waals surface area (Å²) in [6.07, 6.45) is 6.15. The summed E-state index contributed by atoms with van der Waals surface area (Å²) in [5, 5.41) is 0. The van der Waals surface area contributed by atoms with Crippen molar-refractivity contribution in [3.63, 3.8) is 0 Å². The van der Waals surface area contributed by atoms with E-state index in [0.717, 1.165) is 12.8 Å². The minimum absolute atomic E-state index is 0.349. The highest BCUT2D eigenvalue weighted by Gasteiger charge is 2.43. The zero-order valence-corrected chi connectivity index (χ0v) is 12.5. The molecular formula is C13H25BrF2. The van der Waals surface area contributed by atoms with Gasteiger partial charge in [0, 0.05) is 5.92 Å². The Morgan fingerprint density at radius 3 is 1.88 bits per heavy atom. The van der Waals surface area contributed by atoms with Gasteiger partial charge >= 0.3 is 4.83 Å². The van der Waals surface area contributed by atoms with Crippen LogP contribution < -0.4 is 0 Å². The zero-order valence-electron chi connectivity index (χ0n) is 11.0. The van der Waals surface area contributed by atoms with Crippen LogP contribution in [0, 0.1) is 11.3 Å². The molecule has 0 rings (SSSR count). The Bertz CT molecular complexity index is 165. The molecular weight excluding hydrogens is 274 g/mol. The Balaban J connectivity index is 4.06. The van der Waals surface area contributed by atoms with Crippen LogP contribution in [0.1, 0.15) is 66.2 Å². The standard InChI is InChI=1S/C13H25BrF2/c1-5-6-7-8-9-10-11(12(2,3)4)13(14,15)16/h11H,5-10H2,1-4H3. The number of hydrogen-bond donors (Lipinski definition) is 0. The van der Waals surface area contributed by atoms with Crippen LogP contribution >= 0.6 is 15.9 Å². The van der Waals surface area contributed by atoms with Crippen molar-refractivity contribution >= 4 is 15.9 Å². The molecule has 0 aliphatic heterocycles. The van der Waals surface area contributed by atoms with Gasteiger partial charge in [0.1, 0.15) is 0 Å². The summed E-state index contributed by atoms with van der Waals surface area (Å²) in [5.41, 5.74) is -0.349. The van der Waals surface area contributed by atoms with Gasteiger partial charge in [0.2, 0.25) is 0 Å². The van der Waals surface area contributed by atoms with E-state index in [9.17, 15) is 8.78 Å². The van der Waals surface area contributed by atoms with Gasteiger partial charge in [0.25, 0.3) is 0 Å². The highest BCUT2D eigenvalue weighted by molar-refractivity contribution is 9.10. The van der Waals surface area contributed by atoms with E-state index in [-0.39, 0.29) is 5.41 Å². The van der Waals surface area contributed by atoms with E-state index in [2.05, 4.69) is 22.9 Å². The first-order valence-electron chi connectivity index (χ1n) is 6.26. The highest BCUT2D eigenvalue weighted by atomic mass is 79.9. The van der Waals surface area contributed by atoms with E-state index < -0.39 is 10.7 Å². The normalized spacial score (nSPS) is 15.2. The minimum atomic E-state index is -2.74. The Morgan fingerprint density at radius 2 is 1.50 bits per heavy atom. The molecule has 1 atom stereocenters. The van der Waals surface area contributed by atoms with Crippen molar-refractivity contribution in [3.8, 4) is 0 Å². The third-order valence-corrected chi connectivity index (χ3v) is 3.59. The fourth-order valence-electron chi connectivity index (χ4n) is 2.04. The van der Waals surface area contributed by atoms with Gasteiger partial charge in [-0.1, -0.05) is 59.8 Å². The Morgan fingerprint density at radius 1 is 1.00 bits per heavy atom. The lowest BCUT2D eigenvalue weighted by Crippen LogP contribution is -2.33. The van der Waals surface area contributed by atoms with Gasteiger partial charge in [-0.05, 0) is 27.8 Å². The molecule has 0 radical (unpaired) electrons. The van der Waals surface area contributed by atoms with Crippen molar-refractivity contribution in [2.45, 2.75) is 71.1 Å². The first kappa shape index (κ1) is 16.3. The predicted molar refractivity (Wildman–Crippen MR) is 70.2 cm³/mol. The largest absolute Gasteiger partial charge is 0.304 e. The smallest absolute Gasteiger partial charge is 0.193 e. The molecule has 0 amide bonds. The molecule has 0 N–H and O–H groups in total. The van der Waals surface area contributed by atoms with Gasteiger partial charge in [-0.3, -0.25) is 0 Å². The fraction of sp³-hybridized carbons (Fsp3) is 1.00. The molecule has 98 valence electrons. The molecule has 0 bridgehead atoms. The molecule has 0 saturated heterocycles. The topological polar surface area (TPSA) is 0 Å². The number of alkyl halides is 3. The van der Waals surface area contributed by atoms with Crippen LogP contribution in [-0.4, -0.2) is 4.83 Å². The molecule has 0 aromatic carbocycles. The van der Waals surface area contributed by atoms with Gasteiger partial charge in [0.15, 0.2) is 0 Å². The van der Waals surface area contributed by atoms with Crippen molar-refractivity contribution in [1.82, 2.24) is 0 Å². The lowest BCUT2D eigenvalue weighted by atomic mass is 9.78. The van der Waals surface area contributed by atoms with Crippen molar-refractivity contribution in [1.29, 1.82) is 0 Å². The number of rotatable bonds is 7. The first-order valence-corrected chi connectivity index (χ1v) is 7.05. The SMILES string of the molecule is CCCCCCCC(C(C)(C)C)C(F)(F)Br. The molecule has 0 saturated carbocycles. The molecule has 0 aliphatic carbocycles. The maximum Gasteiger partial charge on any atom is 0.304 e. The number of hydrogen-bond acceptors (Lipinski definition) is 0. The van der Waals surface area contributed by atoms with E-state index in [0.29, 0.717) is 6.42 Å². The summed E-state index contributed by atoms with van der Waals surface area (Å²) in [6, 6.07) is 0. The molecule has 0 nitrogen and oxygen atoms in total. The van der Waals surface area contributed by atoms with Gasteiger partial charge in [-0.15, -0.1) is 0 Å². The molecule has 0 fully saturated rings. The first-order chi connectivity index (χ1) is 7.19. The number of halogens is 3. The monoisotopic (exact) mass is 298 g/mol. The Labute approximate surface area is 107 Å². The lowest BCUT2D eigenvalue weighted by Gasteiger charge is -2.34. The Hall–Kier alpha value is 0.340. The second kappa shape index (κ2) is 6.93. The van der Waals surface area contributed by atoms with Crippen LogP contribution in [0.15, 0.2) is 0 Å². The maximum absolute atomic E-state index is 13.4. The van der Waals surface area contributed by atoms with Gasteiger partial charge in [0.05, 0.1) is 0 Å². The van der Waals surface area contributed by atoms with Gasteiger partial charge in [-0.2, -0.15) is 8.78 Å². The average Bonchev–Trinajstić information content (AvgIpc) is 2.06. The van der Waals surface area contributed by atoms with Crippen molar-refractivity contribution in [3.05, 3.63) is 0 Å². The van der Waals surface area contributed by atoms with Crippen LogP contribution in [0.2, 0.25) is 0 Å². The molecule has 3 heteroatoms. The van der Waals surface area contributed by atoms with Crippen LogP contribution in [0.4, 0.5) is 8.78 Å². The third-order valence-electron chi connectivity index (χ3n) is 3.04. The summed E-state index contributed by atoms with van der Waals surface area (Å²) < 4.78 is 26.7. The van der Waals surface area contributed by atoms with E-state index in [1.807, 2.05) is 20.8 Å². The van der Waals surface area contributed by atoms with E-state index in [1.165, 1.54) is 19.3 Å². The molecule has 16 heavy (non-hydrogen) atoms. The molecule has 0 aromatic heterocycles. The second-order valence-electron chi connectivity index (χ2n) is 5.66. The van der Waals surface area contributed by atoms with Crippen LogP contribution in [-0.2, 0) is 0 Å². The quantitative estimate of drug-likeness (QED) is 0.399. The summed E-state index contributed by atoms with van der Waals surface area (Å²) in [6.45, 7) is 7.82. The molecule has 0 heterocycles. The van der Waals surface area contributed by atoms with Crippen molar-refractivity contribution < 1.29 is 8.78 Å². The highest BCUT2D eigenvalue weighted by Crippen LogP contribution is 2.45. The van der Waals surface area contributed by atoms with E-state index in [1.54, 1.807) is 0 Å². The van der Waals surface area contributed by atoms with Crippen LogP contribution in [0.25, 0.3) is 0 Å². The summed E-state index contributed by atoms with van der Waals surface area (Å²) in [5.74, 6) is -0.582. The number of unbranched alkanes of at least 4 members (excludes halogenated alkanes) is 4. The fourth-order valence-corrected chi connectivity index (χ4v) is 2.96. The van der Waals surface area contributed by atoms with Crippen LogP contribution in [0.5, 0.6) is 0 Å². The van der Waals surface area contributed by atoms with Gasteiger partial charge in [-0.25, -0.2) is 0 Å². The molecule has 0 aliphatic rings. The zero-order chi connectivity index (χ0) is 12.8. The van der Waals surface area contributed by atoms with Gasteiger partial charge < -0.3 is 0 Å². The average molecular weight is 299 g/mol. The Kier molecular flexibility index (Phi) is 7.07. The van der Waals surface area contributed by atoms with Crippen LogP contribution in [0.3, 0.4) is 0 Å². The predicted octanol–water partition coefficient (Wildman–Crippen LogP) is 6.00.